The first-order chi connectivity index (χ1) is 16.7. The van der Waals surface area contributed by atoms with Crippen LogP contribution in [0.1, 0.15) is 82.4 Å². The molecule has 0 radical (unpaired) electrons. The predicted molar refractivity (Wildman–Crippen MR) is 131 cm³/mol. The van der Waals surface area contributed by atoms with E-state index in [0.29, 0.717) is 17.8 Å². The van der Waals surface area contributed by atoms with E-state index in [9.17, 15) is 23.1 Å². The van der Waals surface area contributed by atoms with E-state index in [0.717, 1.165) is 57.1 Å². The van der Waals surface area contributed by atoms with Crippen molar-refractivity contribution in [3.05, 3.63) is 41.5 Å². The summed E-state index contributed by atoms with van der Waals surface area (Å²) >= 11 is 0. The van der Waals surface area contributed by atoms with E-state index in [1.165, 1.54) is 6.07 Å². The van der Waals surface area contributed by atoms with Crippen LogP contribution in [0.5, 0.6) is 5.75 Å². The van der Waals surface area contributed by atoms with Crippen molar-refractivity contribution >= 4 is 16.7 Å². The lowest BCUT2D eigenvalue weighted by Gasteiger charge is -2.38. The van der Waals surface area contributed by atoms with Crippen LogP contribution < -0.4 is 4.74 Å². The molecule has 7 heteroatoms. The van der Waals surface area contributed by atoms with Gasteiger partial charge in [-0.1, -0.05) is 32.0 Å². The molecule has 2 aromatic rings. The molecule has 1 N–H and O–H groups in total. The van der Waals surface area contributed by atoms with Crippen LogP contribution >= 0.6 is 0 Å². The topological polar surface area (TPSA) is 49.8 Å². The van der Waals surface area contributed by atoms with E-state index in [4.69, 9.17) is 4.74 Å². The molecule has 4 nitrogen and oxygen atoms in total. The molecule has 1 saturated carbocycles. The van der Waals surface area contributed by atoms with E-state index in [-0.39, 0.29) is 35.6 Å². The molecule has 0 spiro atoms. The minimum absolute atomic E-state index is 0.0542. The number of ether oxygens (including phenoxy) is 1. The molecule has 1 saturated heterocycles. The van der Waals surface area contributed by atoms with Crippen molar-refractivity contribution in [3.8, 4) is 5.75 Å². The number of likely N-dealkylation sites (tertiary alicyclic amines) is 1. The number of aliphatic carboxylic acids is 1. The summed E-state index contributed by atoms with van der Waals surface area (Å²) in [7, 11) is 0. The fraction of sp³-hybridized carbons (Fsp3) is 0.607. The maximum absolute atomic E-state index is 14.4. The Labute approximate surface area is 205 Å². The first-order valence-electron chi connectivity index (χ1n) is 12.9. The SMILES string of the molecule is CCC(c1ccc2ccc(O[C@H]3CC[C@@H](C)CC3)c(C(F)(F)F)c2c1)N1CCC[C@H](CC(=O)O)C1. The van der Waals surface area contributed by atoms with Gasteiger partial charge in [0.25, 0.3) is 0 Å². The van der Waals surface area contributed by atoms with Crippen LogP contribution in [0.4, 0.5) is 13.2 Å². The minimum atomic E-state index is -4.53. The number of hydrogen-bond acceptors (Lipinski definition) is 3. The Morgan fingerprint density at radius 2 is 1.86 bits per heavy atom. The lowest BCUT2D eigenvalue weighted by atomic mass is 9.89. The van der Waals surface area contributed by atoms with E-state index in [1.807, 2.05) is 13.0 Å². The number of carboxylic acid groups (broad SMARTS) is 1. The van der Waals surface area contributed by atoms with Crippen molar-refractivity contribution in [3.63, 3.8) is 0 Å². The summed E-state index contributed by atoms with van der Waals surface area (Å²) in [6.07, 6.45) is 1.42. The highest BCUT2D eigenvalue weighted by Gasteiger charge is 2.38. The monoisotopic (exact) mass is 491 g/mol. The van der Waals surface area contributed by atoms with Gasteiger partial charge < -0.3 is 9.84 Å². The van der Waals surface area contributed by atoms with Crippen molar-refractivity contribution in [1.29, 1.82) is 0 Å². The Hall–Kier alpha value is -2.28. The number of fused-ring (bicyclic) bond motifs is 1. The summed E-state index contributed by atoms with van der Waals surface area (Å²) in [5.41, 5.74) is 0.151. The highest BCUT2D eigenvalue weighted by atomic mass is 19.4. The minimum Gasteiger partial charge on any atom is -0.490 e. The number of rotatable bonds is 7. The molecule has 35 heavy (non-hydrogen) atoms. The summed E-state index contributed by atoms with van der Waals surface area (Å²) in [4.78, 5) is 13.5. The second-order valence-corrected chi connectivity index (χ2v) is 10.4. The molecule has 1 aliphatic carbocycles. The van der Waals surface area contributed by atoms with Gasteiger partial charge in [-0.3, -0.25) is 9.69 Å². The van der Waals surface area contributed by atoms with E-state index >= 15 is 0 Å². The van der Waals surface area contributed by atoms with Gasteiger partial charge in [-0.2, -0.15) is 13.2 Å². The number of carboxylic acids is 1. The molecule has 2 fully saturated rings. The van der Waals surface area contributed by atoms with Crippen molar-refractivity contribution in [2.75, 3.05) is 13.1 Å². The fourth-order valence-corrected chi connectivity index (χ4v) is 5.94. The molecule has 0 aromatic heterocycles. The molecule has 1 aliphatic heterocycles. The molecular formula is C28H36F3NO3. The highest BCUT2D eigenvalue weighted by molar-refractivity contribution is 5.89. The predicted octanol–water partition coefficient (Wildman–Crippen LogP) is 7.45. The third-order valence-electron chi connectivity index (χ3n) is 7.77. The van der Waals surface area contributed by atoms with Gasteiger partial charge in [0.05, 0.1) is 6.10 Å². The highest BCUT2D eigenvalue weighted by Crippen LogP contribution is 2.44. The third-order valence-corrected chi connectivity index (χ3v) is 7.77. The lowest BCUT2D eigenvalue weighted by Crippen LogP contribution is -2.38. The molecule has 2 aliphatic rings. The van der Waals surface area contributed by atoms with Gasteiger partial charge >= 0.3 is 12.1 Å². The van der Waals surface area contributed by atoms with Gasteiger partial charge in [-0.15, -0.1) is 0 Å². The Kier molecular flexibility index (Phi) is 7.94. The summed E-state index contributed by atoms with van der Waals surface area (Å²) in [6.45, 7) is 5.68. The summed E-state index contributed by atoms with van der Waals surface area (Å²) in [5, 5.41) is 9.93. The smallest absolute Gasteiger partial charge is 0.420 e. The summed E-state index contributed by atoms with van der Waals surface area (Å²) in [5.74, 6) is -0.216. The second-order valence-electron chi connectivity index (χ2n) is 10.4. The lowest BCUT2D eigenvalue weighted by molar-refractivity contribution is -0.139. The number of alkyl halides is 3. The average Bonchev–Trinajstić information content (AvgIpc) is 2.80. The quantitative estimate of drug-likeness (QED) is 0.437. The van der Waals surface area contributed by atoms with Gasteiger partial charge in [0, 0.05) is 19.0 Å². The Bertz CT molecular complexity index is 1030. The van der Waals surface area contributed by atoms with Crippen LogP contribution in [0.2, 0.25) is 0 Å². The van der Waals surface area contributed by atoms with Crippen LogP contribution in [0.3, 0.4) is 0 Å². The number of carbonyl (C=O) groups is 1. The third kappa shape index (κ3) is 6.11. The van der Waals surface area contributed by atoms with Crippen LogP contribution in [0, 0.1) is 11.8 Å². The number of halogens is 3. The number of benzene rings is 2. The maximum atomic E-state index is 14.4. The van der Waals surface area contributed by atoms with Crippen LogP contribution in [0.25, 0.3) is 10.8 Å². The van der Waals surface area contributed by atoms with Crippen LogP contribution in [-0.4, -0.2) is 35.2 Å². The standard InChI is InChI=1S/C28H36F3NO3/c1-3-24(32-14-4-5-19(17-32)15-26(33)34)21-9-8-20-10-13-25(27(23(20)16-21)28(29,30)31)35-22-11-6-18(2)7-12-22/h8-10,13,16,18-19,22,24H,3-7,11-12,14-15,17H2,1-2H3,(H,33,34)/t18-,19-,22+,24?/m1/s1. The second kappa shape index (κ2) is 10.8. The average molecular weight is 492 g/mol. The van der Waals surface area contributed by atoms with E-state index in [2.05, 4.69) is 11.8 Å². The molecule has 2 atom stereocenters. The first kappa shape index (κ1) is 25.8. The van der Waals surface area contributed by atoms with E-state index < -0.39 is 17.7 Å². The maximum Gasteiger partial charge on any atom is 0.420 e. The van der Waals surface area contributed by atoms with Crippen molar-refractivity contribution in [2.45, 2.75) is 83.5 Å². The van der Waals surface area contributed by atoms with Gasteiger partial charge in [-0.05, 0) is 91.8 Å². The summed E-state index contributed by atoms with van der Waals surface area (Å²) < 4.78 is 49.1. The fourth-order valence-electron chi connectivity index (χ4n) is 5.94. The largest absolute Gasteiger partial charge is 0.490 e. The number of hydrogen-bond donors (Lipinski definition) is 1. The molecular weight excluding hydrogens is 455 g/mol. The zero-order valence-corrected chi connectivity index (χ0v) is 20.6. The van der Waals surface area contributed by atoms with Gasteiger partial charge in [0.15, 0.2) is 0 Å². The molecule has 2 aromatic carbocycles. The van der Waals surface area contributed by atoms with Crippen molar-refractivity contribution in [1.82, 2.24) is 4.90 Å². The Balaban J connectivity index is 1.67. The van der Waals surface area contributed by atoms with E-state index in [1.54, 1.807) is 18.2 Å². The molecule has 192 valence electrons. The van der Waals surface area contributed by atoms with Gasteiger partial charge in [0.2, 0.25) is 0 Å². The molecule has 1 unspecified atom stereocenters. The Morgan fingerprint density at radius 1 is 1.14 bits per heavy atom. The molecule has 1 heterocycles. The zero-order valence-electron chi connectivity index (χ0n) is 20.6. The molecule has 0 amide bonds. The first-order valence-corrected chi connectivity index (χ1v) is 12.9. The number of nitrogens with zero attached hydrogens (tertiary/aromatic N) is 1. The van der Waals surface area contributed by atoms with Crippen LogP contribution in [0.15, 0.2) is 30.3 Å². The van der Waals surface area contributed by atoms with Crippen molar-refractivity contribution < 1.29 is 27.8 Å². The number of piperidine rings is 1. The van der Waals surface area contributed by atoms with Gasteiger partial charge in [0.1, 0.15) is 11.3 Å². The molecule has 0 bridgehead atoms. The van der Waals surface area contributed by atoms with Gasteiger partial charge in [-0.25, -0.2) is 0 Å². The van der Waals surface area contributed by atoms with Crippen molar-refractivity contribution in [2.24, 2.45) is 11.8 Å². The Morgan fingerprint density at radius 3 is 2.51 bits per heavy atom. The zero-order chi connectivity index (χ0) is 25.2. The van der Waals surface area contributed by atoms with Crippen LogP contribution in [-0.2, 0) is 11.0 Å². The molecule has 4 rings (SSSR count). The normalized spacial score (nSPS) is 24.9. The summed E-state index contributed by atoms with van der Waals surface area (Å²) in [6, 6.07) is 8.51.